The van der Waals surface area contributed by atoms with Crippen molar-refractivity contribution in [2.24, 2.45) is 5.92 Å². The average Bonchev–Trinajstić information content (AvgIpc) is 3.18. The Kier molecular flexibility index (Phi) is 4.36. The fourth-order valence-corrected chi connectivity index (χ4v) is 4.90. The molecule has 0 aliphatic heterocycles. The molecule has 4 rings (SSSR count). The van der Waals surface area contributed by atoms with Crippen LogP contribution in [0.5, 0.6) is 0 Å². The molecule has 132 valence electrons. The molecule has 0 fully saturated rings. The number of nitrogens with zero attached hydrogens (tertiary/aromatic N) is 3. The Bertz CT molecular complexity index is 928. The van der Waals surface area contributed by atoms with Gasteiger partial charge in [0.1, 0.15) is 17.0 Å². The monoisotopic (exact) mass is 354 g/mol. The van der Waals surface area contributed by atoms with Crippen LogP contribution in [0.25, 0.3) is 20.4 Å². The second-order valence-electron chi connectivity index (χ2n) is 7.60. The van der Waals surface area contributed by atoms with E-state index in [1.807, 2.05) is 0 Å². The van der Waals surface area contributed by atoms with Gasteiger partial charge < -0.3 is 5.32 Å². The second-order valence-corrected chi connectivity index (χ2v) is 8.60. The van der Waals surface area contributed by atoms with E-state index in [9.17, 15) is 0 Å². The average molecular weight is 355 g/mol. The number of anilines is 1. The number of nitrogens with one attached hydrogen (secondary N) is 1. The Labute approximate surface area is 153 Å². The SMILES string of the molecule is CC[C@@H](C)Nc1ncnc2c1sc1nc(CC(C)C)c3c(c12)CCC3. The van der Waals surface area contributed by atoms with E-state index in [4.69, 9.17) is 4.98 Å². The molecule has 1 N–H and O–H groups in total. The molecule has 1 aliphatic rings. The van der Waals surface area contributed by atoms with Crippen molar-refractivity contribution in [2.75, 3.05) is 5.32 Å². The predicted molar refractivity (Wildman–Crippen MR) is 107 cm³/mol. The van der Waals surface area contributed by atoms with E-state index < -0.39 is 0 Å². The molecular weight excluding hydrogens is 328 g/mol. The minimum atomic E-state index is 0.401. The minimum absolute atomic E-state index is 0.401. The molecule has 0 saturated carbocycles. The van der Waals surface area contributed by atoms with Gasteiger partial charge in [-0.15, -0.1) is 11.3 Å². The summed E-state index contributed by atoms with van der Waals surface area (Å²) >= 11 is 1.75. The van der Waals surface area contributed by atoms with Gasteiger partial charge in [-0.2, -0.15) is 0 Å². The van der Waals surface area contributed by atoms with Crippen LogP contribution in [0.2, 0.25) is 0 Å². The third kappa shape index (κ3) is 2.88. The predicted octanol–water partition coefficient (Wildman–Crippen LogP) is 5.14. The van der Waals surface area contributed by atoms with Crippen molar-refractivity contribution < 1.29 is 0 Å². The lowest BCUT2D eigenvalue weighted by Gasteiger charge is -2.12. The summed E-state index contributed by atoms with van der Waals surface area (Å²) in [6.07, 6.45) is 7.40. The first-order valence-electron chi connectivity index (χ1n) is 9.42. The largest absolute Gasteiger partial charge is 0.366 e. The van der Waals surface area contributed by atoms with Crippen molar-refractivity contribution in [3.05, 3.63) is 23.1 Å². The molecule has 5 heteroatoms. The van der Waals surface area contributed by atoms with Gasteiger partial charge in [0.25, 0.3) is 0 Å². The third-order valence-electron chi connectivity index (χ3n) is 5.15. The standard InChI is InChI=1S/C20H26N4S/c1-5-12(4)23-19-18-17(21-10-22-19)16-14-8-6-7-13(14)15(9-11(2)3)24-20(16)25-18/h10-12H,5-9H2,1-4H3,(H,21,22,23)/t12-/m1/s1. The van der Waals surface area contributed by atoms with Gasteiger partial charge in [0.05, 0.1) is 10.2 Å². The smallest absolute Gasteiger partial charge is 0.147 e. The first-order chi connectivity index (χ1) is 12.1. The van der Waals surface area contributed by atoms with Crippen molar-refractivity contribution in [1.29, 1.82) is 0 Å². The van der Waals surface area contributed by atoms with Gasteiger partial charge in [0.15, 0.2) is 0 Å². The van der Waals surface area contributed by atoms with Gasteiger partial charge >= 0.3 is 0 Å². The second kappa shape index (κ2) is 6.52. The molecule has 1 aliphatic carbocycles. The van der Waals surface area contributed by atoms with Crippen molar-refractivity contribution in [3.8, 4) is 0 Å². The van der Waals surface area contributed by atoms with Gasteiger partial charge in [0.2, 0.25) is 0 Å². The lowest BCUT2D eigenvalue weighted by Crippen LogP contribution is -2.14. The van der Waals surface area contributed by atoms with Gasteiger partial charge in [-0.1, -0.05) is 20.8 Å². The molecule has 3 aromatic rings. The van der Waals surface area contributed by atoms with E-state index in [0.717, 1.165) is 40.1 Å². The Morgan fingerprint density at radius 1 is 1.16 bits per heavy atom. The van der Waals surface area contributed by atoms with Gasteiger partial charge in [-0.25, -0.2) is 15.0 Å². The number of aryl methyl sites for hydroxylation is 1. The Hall–Kier alpha value is -1.75. The van der Waals surface area contributed by atoms with E-state index in [1.54, 1.807) is 17.7 Å². The zero-order valence-electron chi connectivity index (χ0n) is 15.5. The van der Waals surface area contributed by atoms with Crippen LogP contribution in [0.3, 0.4) is 0 Å². The van der Waals surface area contributed by atoms with E-state index in [2.05, 4.69) is 43.0 Å². The molecule has 0 aromatic carbocycles. The van der Waals surface area contributed by atoms with Gasteiger partial charge in [-0.05, 0) is 56.1 Å². The molecule has 25 heavy (non-hydrogen) atoms. The van der Waals surface area contributed by atoms with Crippen molar-refractivity contribution in [1.82, 2.24) is 15.0 Å². The highest BCUT2D eigenvalue weighted by Crippen LogP contribution is 2.41. The molecular formula is C20H26N4S. The fourth-order valence-electron chi connectivity index (χ4n) is 3.77. The highest BCUT2D eigenvalue weighted by molar-refractivity contribution is 7.26. The summed E-state index contributed by atoms with van der Waals surface area (Å²) in [5.74, 6) is 1.59. The first-order valence-corrected chi connectivity index (χ1v) is 10.2. The molecule has 0 spiro atoms. The molecule has 1 atom stereocenters. The van der Waals surface area contributed by atoms with Crippen molar-refractivity contribution >= 4 is 37.6 Å². The molecule has 3 aromatic heterocycles. The molecule has 3 heterocycles. The number of thiophene rings is 1. The fraction of sp³-hybridized carbons (Fsp3) is 0.550. The van der Waals surface area contributed by atoms with Crippen LogP contribution in [0, 0.1) is 5.92 Å². The van der Waals surface area contributed by atoms with Crippen molar-refractivity contribution in [2.45, 2.75) is 65.8 Å². The molecule has 0 amide bonds. The molecule has 0 radical (unpaired) electrons. The summed E-state index contributed by atoms with van der Waals surface area (Å²) in [6.45, 7) is 8.93. The topological polar surface area (TPSA) is 50.7 Å². The molecule has 4 nitrogen and oxygen atoms in total. The van der Waals surface area contributed by atoms with E-state index in [0.29, 0.717) is 12.0 Å². The van der Waals surface area contributed by atoms with E-state index >= 15 is 0 Å². The van der Waals surface area contributed by atoms with Crippen LogP contribution in [0.4, 0.5) is 5.82 Å². The molecule has 0 unspecified atom stereocenters. The number of fused-ring (bicyclic) bond motifs is 5. The Morgan fingerprint density at radius 2 is 1.96 bits per heavy atom. The summed E-state index contributed by atoms with van der Waals surface area (Å²) in [5, 5.41) is 4.83. The maximum Gasteiger partial charge on any atom is 0.147 e. The summed E-state index contributed by atoms with van der Waals surface area (Å²) in [5.41, 5.74) is 5.39. The zero-order chi connectivity index (χ0) is 17.6. The number of hydrogen-bond donors (Lipinski definition) is 1. The van der Waals surface area contributed by atoms with Crippen LogP contribution >= 0.6 is 11.3 Å². The summed E-state index contributed by atoms with van der Waals surface area (Å²) in [4.78, 5) is 15.4. The quantitative estimate of drug-likeness (QED) is 0.689. The Balaban J connectivity index is 1.95. The van der Waals surface area contributed by atoms with E-state index in [1.165, 1.54) is 35.0 Å². The lowest BCUT2D eigenvalue weighted by molar-refractivity contribution is 0.632. The number of pyridine rings is 1. The van der Waals surface area contributed by atoms with Gasteiger partial charge in [0, 0.05) is 17.1 Å². The zero-order valence-corrected chi connectivity index (χ0v) is 16.3. The first kappa shape index (κ1) is 16.7. The summed E-state index contributed by atoms with van der Waals surface area (Å²) < 4.78 is 1.15. The highest BCUT2D eigenvalue weighted by Gasteiger charge is 2.24. The molecule has 0 bridgehead atoms. The van der Waals surface area contributed by atoms with Gasteiger partial charge in [-0.3, -0.25) is 0 Å². The number of hydrogen-bond acceptors (Lipinski definition) is 5. The highest BCUT2D eigenvalue weighted by atomic mass is 32.1. The maximum absolute atomic E-state index is 5.09. The van der Waals surface area contributed by atoms with Crippen LogP contribution in [-0.2, 0) is 19.3 Å². The molecule has 0 saturated heterocycles. The van der Waals surface area contributed by atoms with E-state index in [-0.39, 0.29) is 0 Å². The third-order valence-corrected chi connectivity index (χ3v) is 6.23. The Morgan fingerprint density at radius 3 is 2.72 bits per heavy atom. The van der Waals surface area contributed by atoms with Crippen LogP contribution in [0.15, 0.2) is 6.33 Å². The van der Waals surface area contributed by atoms with Crippen LogP contribution in [-0.4, -0.2) is 21.0 Å². The van der Waals surface area contributed by atoms with Crippen LogP contribution in [0.1, 0.15) is 57.4 Å². The minimum Gasteiger partial charge on any atom is -0.366 e. The summed E-state index contributed by atoms with van der Waals surface area (Å²) in [7, 11) is 0. The summed E-state index contributed by atoms with van der Waals surface area (Å²) in [6, 6.07) is 0.401. The maximum atomic E-state index is 5.09. The normalized spacial score (nSPS) is 15.2. The lowest BCUT2D eigenvalue weighted by atomic mass is 9.99. The number of aromatic nitrogens is 3. The van der Waals surface area contributed by atoms with Crippen molar-refractivity contribution in [3.63, 3.8) is 0 Å². The number of rotatable bonds is 5. The van der Waals surface area contributed by atoms with Crippen LogP contribution < -0.4 is 5.32 Å².